The molecule has 0 unspecified atom stereocenters. The van der Waals surface area contributed by atoms with Gasteiger partial charge in [-0.05, 0) is 6.07 Å². The number of carbonyl (C=O) groups excluding carboxylic acids is 1. The molecule has 1 aromatic rings. The Hall–Kier alpha value is -2.11. The number of carbonyl (C=O) groups is 1. The molecular weight excluding hydrogens is 202 g/mol. The minimum Gasteiger partial charge on any atom is -0.492 e. The first-order valence-electron chi connectivity index (χ1n) is 4.00. The number of benzene rings is 1. The highest BCUT2D eigenvalue weighted by atomic mass is 16.6. The highest BCUT2D eigenvalue weighted by Crippen LogP contribution is 2.38. The van der Waals surface area contributed by atoms with Crippen molar-refractivity contribution in [3.8, 4) is 11.5 Å². The predicted octanol–water partition coefficient (Wildman–Crippen LogP) is 1.42. The average molecular weight is 211 g/mol. The van der Waals surface area contributed by atoms with Gasteiger partial charge in [-0.15, -0.1) is 0 Å². The largest absolute Gasteiger partial charge is 0.492 e. The third kappa shape index (κ3) is 1.88. The van der Waals surface area contributed by atoms with Gasteiger partial charge in [0, 0.05) is 6.07 Å². The van der Waals surface area contributed by atoms with Crippen LogP contribution in [0.25, 0.3) is 0 Å². The van der Waals surface area contributed by atoms with Crippen LogP contribution in [-0.4, -0.2) is 25.4 Å². The van der Waals surface area contributed by atoms with Gasteiger partial charge in [0.1, 0.15) is 0 Å². The van der Waals surface area contributed by atoms with Gasteiger partial charge < -0.3 is 9.47 Å². The molecule has 0 spiro atoms. The molecule has 0 saturated carbocycles. The minimum absolute atomic E-state index is 0.0490. The van der Waals surface area contributed by atoms with E-state index in [2.05, 4.69) is 0 Å². The van der Waals surface area contributed by atoms with E-state index in [9.17, 15) is 14.9 Å². The van der Waals surface area contributed by atoms with Crippen LogP contribution in [-0.2, 0) is 0 Å². The van der Waals surface area contributed by atoms with E-state index >= 15 is 0 Å². The van der Waals surface area contributed by atoms with Crippen LogP contribution in [0.5, 0.6) is 11.5 Å². The molecule has 0 radical (unpaired) electrons. The van der Waals surface area contributed by atoms with Crippen molar-refractivity contribution >= 4 is 12.0 Å². The van der Waals surface area contributed by atoms with E-state index in [1.54, 1.807) is 0 Å². The van der Waals surface area contributed by atoms with Crippen molar-refractivity contribution in [1.29, 1.82) is 0 Å². The average Bonchev–Trinajstić information content (AvgIpc) is 2.26. The molecule has 0 N–H and O–H groups in total. The Morgan fingerprint density at radius 3 is 2.27 bits per heavy atom. The molecule has 6 nitrogen and oxygen atoms in total. The topological polar surface area (TPSA) is 78.7 Å². The van der Waals surface area contributed by atoms with Crippen LogP contribution in [0.4, 0.5) is 5.69 Å². The van der Waals surface area contributed by atoms with Crippen molar-refractivity contribution in [3.05, 3.63) is 27.8 Å². The van der Waals surface area contributed by atoms with Crippen LogP contribution in [0.2, 0.25) is 0 Å². The number of hydrogen-bond acceptors (Lipinski definition) is 5. The number of rotatable bonds is 4. The first kappa shape index (κ1) is 11.0. The second-order valence-electron chi connectivity index (χ2n) is 2.62. The lowest BCUT2D eigenvalue weighted by Crippen LogP contribution is -1.99. The van der Waals surface area contributed by atoms with Crippen molar-refractivity contribution in [1.82, 2.24) is 0 Å². The monoisotopic (exact) mass is 211 g/mol. The molecule has 0 aliphatic carbocycles. The molecule has 0 bridgehead atoms. The summed E-state index contributed by atoms with van der Waals surface area (Å²) in [6, 6.07) is 2.51. The Bertz CT molecular complexity index is 402. The van der Waals surface area contributed by atoms with Gasteiger partial charge in [-0.25, -0.2) is 0 Å². The fourth-order valence-electron chi connectivity index (χ4n) is 1.21. The standard InChI is InChI=1S/C9H9NO5/c1-14-8-6(5-11)3-4-7(10(12)13)9(8)15-2/h3-5H,1-2H3. The third-order valence-corrected chi connectivity index (χ3v) is 1.85. The first-order valence-corrected chi connectivity index (χ1v) is 4.00. The zero-order valence-corrected chi connectivity index (χ0v) is 8.22. The molecule has 6 heteroatoms. The van der Waals surface area contributed by atoms with Crippen molar-refractivity contribution in [3.63, 3.8) is 0 Å². The fraction of sp³-hybridized carbons (Fsp3) is 0.222. The number of methoxy groups -OCH3 is 2. The quantitative estimate of drug-likeness (QED) is 0.427. The van der Waals surface area contributed by atoms with E-state index in [-0.39, 0.29) is 22.7 Å². The van der Waals surface area contributed by atoms with Gasteiger partial charge in [-0.1, -0.05) is 0 Å². The molecule has 0 aliphatic rings. The summed E-state index contributed by atoms with van der Waals surface area (Å²) in [6.07, 6.45) is 0.547. The Balaban J connectivity index is 3.47. The lowest BCUT2D eigenvalue weighted by molar-refractivity contribution is -0.385. The summed E-state index contributed by atoms with van der Waals surface area (Å²) < 4.78 is 9.73. The number of aldehydes is 1. The van der Waals surface area contributed by atoms with Crippen LogP contribution in [0.3, 0.4) is 0 Å². The molecule has 0 saturated heterocycles. The fourth-order valence-corrected chi connectivity index (χ4v) is 1.21. The number of nitro benzene ring substituents is 1. The maximum atomic E-state index is 10.6. The maximum absolute atomic E-state index is 10.6. The lowest BCUT2D eigenvalue weighted by atomic mass is 10.2. The van der Waals surface area contributed by atoms with Crippen molar-refractivity contribution in [2.24, 2.45) is 0 Å². The van der Waals surface area contributed by atoms with E-state index in [1.165, 1.54) is 26.4 Å². The number of nitrogens with zero attached hydrogens (tertiary/aromatic N) is 1. The predicted molar refractivity (Wildman–Crippen MR) is 51.6 cm³/mol. The van der Waals surface area contributed by atoms with Gasteiger partial charge in [0.2, 0.25) is 5.75 Å². The van der Waals surface area contributed by atoms with Crippen molar-refractivity contribution in [2.75, 3.05) is 14.2 Å². The lowest BCUT2D eigenvalue weighted by Gasteiger charge is -2.09. The van der Waals surface area contributed by atoms with Crippen molar-refractivity contribution < 1.29 is 19.2 Å². The van der Waals surface area contributed by atoms with Crippen LogP contribution >= 0.6 is 0 Å². The summed E-state index contributed by atoms with van der Waals surface area (Å²) in [7, 11) is 2.59. The molecule has 15 heavy (non-hydrogen) atoms. The molecule has 0 amide bonds. The number of hydrogen-bond donors (Lipinski definition) is 0. The number of ether oxygens (including phenoxy) is 2. The van der Waals surface area contributed by atoms with Gasteiger partial charge in [0.25, 0.3) is 0 Å². The highest BCUT2D eigenvalue weighted by molar-refractivity contribution is 5.83. The Labute approximate surface area is 85.6 Å². The van der Waals surface area contributed by atoms with Gasteiger partial charge >= 0.3 is 5.69 Å². The van der Waals surface area contributed by atoms with Gasteiger partial charge in [0.15, 0.2) is 12.0 Å². The summed E-state index contributed by atoms with van der Waals surface area (Å²) in [5.74, 6) is 0.0220. The normalized spacial score (nSPS) is 9.47. The Kier molecular flexibility index (Phi) is 3.22. The smallest absolute Gasteiger partial charge is 0.314 e. The van der Waals surface area contributed by atoms with E-state index < -0.39 is 4.92 Å². The Morgan fingerprint density at radius 2 is 1.87 bits per heavy atom. The van der Waals surface area contributed by atoms with Crippen molar-refractivity contribution in [2.45, 2.75) is 0 Å². The minimum atomic E-state index is -0.601. The molecule has 0 heterocycles. The molecule has 1 rings (SSSR count). The molecule has 0 aliphatic heterocycles. The van der Waals surface area contributed by atoms with E-state index in [0.717, 1.165) is 0 Å². The molecular formula is C9H9NO5. The van der Waals surface area contributed by atoms with Gasteiger partial charge in [0.05, 0.1) is 24.7 Å². The van der Waals surface area contributed by atoms with E-state index in [0.29, 0.717) is 6.29 Å². The summed E-state index contributed by atoms with van der Waals surface area (Å²) in [5, 5.41) is 10.6. The summed E-state index contributed by atoms with van der Waals surface area (Å²) >= 11 is 0. The Morgan fingerprint density at radius 1 is 1.27 bits per heavy atom. The van der Waals surface area contributed by atoms with Crippen LogP contribution in [0, 0.1) is 10.1 Å². The van der Waals surface area contributed by atoms with Gasteiger partial charge in [-0.3, -0.25) is 14.9 Å². The summed E-state index contributed by atoms with van der Waals surface area (Å²) in [6.45, 7) is 0. The zero-order chi connectivity index (χ0) is 11.4. The molecule has 80 valence electrons. The molecule has 1 aromatic carbocycles. The number of nitro groups is 1. The zero-order valence-electron chi connectivity index (χ0n) is 8.22. The highest BCUT2D eigenvalue weighted by Gasteiger charge is 2.22. The summed E-state index contributed by atoms with van der Waals surface area (Å²) in [5.41, 5.74) is -0.0279. The van der Waals surface area contributed by atoms with E-state index in [4.69, 9.17) is 9.47 Å². The molecule has 0 fully saturated rings. The SMILES string of the molecule is COc1c(C=O)ccc([N+](=O)[O-])c1OC. The summed E-state index contributed by atoms with van der Waals surface area (Å²) in [4.78, 5) is 20.7. The maximum Gasteiger partial charge on any atom is 0.314 e. The van der Waals surface area contributed by atoms with Gasteiger partial charge in [-0.2, -0.15) is 0 Å². The van der Waals surface area contributed by atoms with E-state index in [1.807, 2.05) is 0 Å². The molecule has 0 atom stereocenters. The second kappa shape index (κ2) is 4.41. The van der Waals surface area contributed by atoms with Crippen LogP contribution in [0.15, 0.2) is 12.1 Å². The molecule has 0 aromatic heterocycles. The first-order chi connectivity index (χ1) is 7.15. The van der Waals surface area contributed by atoms with Crippen LogP contribution in [0.1, 0.15) is 10.4 Å². The third-order valence-electron chi connectivity index (χ3n) is 1.85. The second-order valence-corrected chi connectivity index (χ2v) is 2.62. The van der Waals surface area contributed by atoms with Crippen LogP contribution < -0.4 is 9.47 Å².